The zero-order valence-corrected chi connectivity index (χ0v) is 14.5. The molecule has 0 bridgehead atoms. The van der Waals surface area contributed by atoms with Crippen molar-refractivity contribution in [3.63, 3.8) is 0 Å². The third-order valence-electron chi connectivity index (χ3n) is 4.67. The molecule has 0 spiro atoms. The molecule has 122 valence electrons. The molecule has 1 aliphatic heterocycles. The predicted molar refractivity (Wildman–Crippen MR) is 102 cm³/mol. The summed E-state index contributed by atoms with van der Waals surface area (Å²) in [5, 5.41) is 1.90. The summed E-state index contributed by atoms with van der Waals surface area (Å²) in [7, 11) is 0. The van der Waals surface area contributed by atoms with Crippen molar-refractivity contribution < 1.29 is 0 Å². The first kappa shape index (κ1) is 15.3. The van der Waals surface area contributed by atoms with E-state index in [1.807, 2.05) is 18.3 Å². The van der Waals surface area contributed by atoms with Gasteiger partial charge in [0.15, 0.2) is 0 Å². The predicted octanol–water partition coefficient (Wildman–Crippen LogP) is 4.52. The van der Waals surface area contributed by atoms with Gasteiger partial charge in [0, 0.05) is 54.2 Å². The maximum Gasteiger partial charge on any atom is 0.0737 e. The lowest BCUT2D eigenvalue weighted by Gasteiger charge is -2.37. The van der Waals surface area contributed by atoms with Crippen LogP contribution in [-0.2, 0) is 0 Å². The van der Waals surface area contributed by atoms with Crippen molar-refractivity contribution in [1.82, 2.24) is 4.98 Å². The average Bonchev–Trinajstić information content (AvgIpc) is 2.61. The Bertz CT molecular complexity index is 870. The molecule has 4 rings (SSSR count). The Labute approximate surface area is 147 Å². The summed E-state index contributed by atoms with van der Waals surface area (Å²) < 4.78 is 0. The Morgan fingerprint density at radius 2 is 1.71 bits per heavy atom. The highest BCUT2D eigenvalue weighted by molar-refractivity contribution is 6.31. The summed E-state index contributed by atoms with van der Waals surface area (Å²) >= 11 is 6.10. The Hall–Kier alpha value is -2.26. The molecule has 3 nitrogen and oxygen atoms in total. The molecule has 1 saturated heterocycles. The van der Waals surface area contributed by atoms with Gasteiger partial charge in [-0.1, -0.05) is 23.7 Å². The van der Waals surface area contributed by atoms with Gasteiger partial charge in [-0.15, -0.1) is 0 Å². The molecule has 24 heavy (non-hydrogen) atoms. The second-order valence-corrected chi connectivity index (χ2v) is 6.74. The Balaban J connectivity index is 1.56. The van der Waals surface area contributed by atoms with Gasteiger partial charge in [-0.05, 0) is 48.9 Å². The first-order valence-corrected chi connectivity index (χ1v) is 8.69. The number of anilines is 2. The second kappa shape index (κ2) is 6.33. The lowest BCUT2D eigenvalue weighted by atomic mass is 10.1. The quantitative estimate of drug-likeness (QED) is 0.685. The van der Waals surface area contributed by atoms with Gasteiger partial charge in [-0.25, -0.2) is 0 Å². The van der Waals surface area contributed by atoms with E-state index in [9.17, 15) is 0 Å². The number of fused-ring (bicyclic) bond motifs is 1. The van der Waals surface area contributed by atoms with E-state index in [-0.39, 0.29) is 0 Å². The maximum absolute atomic E-state index is 6.10. The molecule has 0 saturated carbocycles. The number of hydrogen-bond acceptors (Lipinski definition) is 3. The first-order valence-electron chi connectivity index (χ1n) is 8.31. The number of benzene rings is 2. The molecule has 3 aromatic rings. The monoisotopic (exact) mass is 337 g/mol. The standard InChI is InChI=1S/C20H20ClN3/c1-15-3-2-4-17(13-15)23-9-11-24(12-10-23)20-7-8-22-19-14-16(21)5-6-18(19)20/h2-8,13-14H,9-12H2,1H3. The fourth-order valence-electron chi connectivity index (χ4n) is 3.41. The van der Waals surface area contributed by atoms with Crippen LogP contribution in [-0.4, -0.2) is 31.2 Å². The van der Waals surface area contributed by atoms with E-state index in [1.54, 1.807) is 0 Å². The summed E-state index contributed by atoms with van der Waals surface area (Å²) in [6, 6.07) is 16.8. The van der Waals surface area contributed by atoms with Crippen molar-refractivity contribution in [2.24, 2.45) is 0 Å². The molecule has 0 aliphatic carbocycles. The van der Waals surface area contributed by atoms with Crippen LogP contribution in [0.1, 0.15) is 5.56 Å². The molecule has 0 N–H and O–H groups in total. The topological polar surface area (TPSA) is 19.4 Å². The fraction of sp³-hybridized carbons (Fsp3) is 0.250. The fourth-order valence-corrected chi connectivity index (χ4v) is 3.58. The smallest absolute Gasteiger partial charge is 0.0737 e. The summed E-state index contributed by atoms with van der Waals surface area (Å²) in [5.74, 6) is 0. The van der Waals surface area contributed by atoms with Crippen molar-refractivity contribution in [3.8, 4) is 0 Å². The van der Waals surface area contributed by atoms with Crippen LogP contribution in [0.2, 0.25) is 5.02 Å². The highest BCUT2D eigenvalue weighted by atomic mass is 35.5. The minimum absolute atomic E-state index is 0.733. The molecule has 0 atom stereocenters. The van der Waals surface area contributed by atoms with Gasteiger partial charge in [0.25, 0.3) is 0 Å². The normalized spacial score (nSPS) is 15.1. The van der Waals surface area contributed by atoms with Gasteiger partial charge in [-0.2, -0.15) is 0 Å². The van der Waals surface area contributed by atoms with Crippen molar-refractivity contribution >= 4 is 33.9 Å². The van der Waals surface area contributed by atoms with Crippen molar-refractivity contribution in [2.75, 3.05) is 36.0 Å². The number of aryl methyl sites for hydroxylation is 1. The van der Waals surface area contributed by atoms with E-state index < -0.39 is 0 Å². The van der Waals surface area contributed by atoms with E-state index in [0.717, 1.165) is 36.7 Å². The zero-order chi connectivity index (χ0) is 16.5. The number of hydrogen-bond donors (Lipinski definition) is 0. The minimum Gasteiger partial charge on any atom is -0.368 e. The van der Waals surface area contributed by atoms with E-state index in [2.05, 4.69) is 58.1 Å². The summed E-state index contributed by atoms with van der Waals surface area (Å²) in [6.45, 7) is 6.22. The van der Waals surface area contributed by atoms with Crippen molar-refractivity contribution in [1.29, 1.82) is 0 Å². The molecule has 2 aromatic carbocycles. The van der Waals surface area contributed by atoms with E-state index in [1.165, 1.54) is 22.3 Å². The number of halogens is 1. The van der Waals surface area contributed by atoms with Gasteiger partial charge >= 0.3 is 0 Å². The van der Waals surface area contributed by atoms with Crippen LogP contribution in [0.3, 0.4) is 0 Å². The number of piperazine rings is 1. The van der Waals surface area contributed by atoms with E-state index in [0.29, 0.717) is 0 Å². The third-order valence-corrected chi connectivity index (χ3v) is 4.90. The number of aromatic nitrogens is 1. The molecule has 1 aromatic heterocycles. The number of nitrogens with zero attached hydrogens (tertiary/aromatic N) is 3. The van der Waals surface area contributed by atoms with Crippen LogP contribution >= 0.6 is 11.6 Å². The molecule has 1 aliphatic rings. The molecule has 0 radical (unpaired) electrons. The summed E-state index contributed by atoms with van der Waals surface area (Å²) in [6.07, 6.45) is 1.88. The van der Waals surface area contributed by atoms with E-state index >= 15 is 0 Å². The highest BCUT2D eigenvalue weighted by Crippen LogP contribution is 2.29. The SMILES string of the molecule is Cc1cccc(N2CCN(c3ccnc4cc(Cl)ccc34)CC2)c1. The highest BCUT2D eigenvalue weighted by Gasteiger charge is 2.19. The lowest BCUT2D eigenvalue weighted by molar-refractivity contribution is 0.655. The van der Waals surface area contributed by atoms with Gasteiger partial charge in [0.05, 0.1) is 5.52 Å². The average molecular weight is 338 g/mol. The molecular weight excluding hydrogens is 318 g/mol. The first-order chi connectivity index (χ1) is 11.7. The van der Waals surface area contributed by atoms with Crippen LogP contribution in [0.4, 0.5) is 11.4 Å². The Kier molecular flexibility index (Phi) is 4.03. The summed E-state index contributed by atoms with van der Waals surface area (Å²) in [5.41, 5.74) is 4.84. The summed E-state index contributed by atoms with van der Waals surface area (Å²) in [4.78, 5) is 9.36. The van der Waals surface area contributed by atoms with Crippen molar-refractivity contribution in [3.05, 3.63) is 65.3 Å². The van der Waals surface area contributed by atoms with Crippen molar-refractivity contribution in [2.45, 2.75) is 6.92 Å². The molecule has 0 unspecified atom stereocenters. The zero-order valence-electron chi connectivity index (χ0n) is 13.7. The van der Waals surface area contributed by atoms with Crippen LogP contribution < -0.4 is 9.80 Å². The Morgan fingerprint density at radius 1 is 0.917 bits per heavy atom. The van der Waals surface area contributed by atoms with Gasteiger partial charge in [0.2, 0.25) is 0 Å². The van der Waals surface area contributed by atoms with Gasteiger partial charge in [0.1, 0.15) is 0 Å². The molecular formula is C20H20ClN3. The number of pyridine rings is 1. The molecule has 2 heterocycles. The van der Waals surface area contributed by atoms with Crippen LogP contribution in [0.25, 0.3) is 10.9 Å². The lowest BCUT2D eigenvalue weighted by Crippen LogP contribution is -2.46. The van der Waals surface area contributed by atoms with Gasteiger partial charge in [-0.3, -0.25) is 4.98 Å². The van der Waals surface area contributed by atoms with Crippen LogP contribution in [0.5, 0.6) is 0 Å². The van der Waals surface area contributed by atoms with Crippen LogP contribution in [0.15, 0.2) is 54.7 Å². The number of rotatable bonds is 2. The molecule has 4 heteroatoms. The minimum atomic E-state index is 0.733. The van der Waals surface area contributed by atoms with Gasteiger partial charge < -0.3 is 9.80 Å². The Morgan fingerprint density at radius 3 is 2.50 bits per heavy atom. The third kappa shape index (κ3) is 2.92. The van der Waals surface area contributed by atoms with E-state index in [4.69, 9.17) is 11.6 Å². The maximum atomic E-state index is 6.10. The largest absolute Gasteiger partial charge is 0.368 e. The molecule has 0 amide bonds. The molecule has 1 fully saturated rings. The van der Waals surface area contributed by atoms with Crippen LogP contribution in [0, 0.1) is 6.92 Å². The second-order valence-electron chi connectivity index (χ2n) is 6.30.